The lowest BCUT2D eigenvalue weighted by Crippen LogP contribution is -2.54. The zero-order valence-corrected chi connectivity index (χ0v) is 34.4. The van der Waals surface area contributed by atoms with E-state index in [9.17, 15) is 34.2 Å². The van der Waals surface area contributed by atoms with Crippen molar-refractivity contribution in [2.45, 2.75) is 31.7 Å². The van der Waals surface area contributed by atoms with Gasteiger partial charge in [0.25, 0.3) is 11.8 Å². The van der Waals surface area contributed by atoms with E-state index >= 15 is 0 Å². The minimum Gasteiger partial charge on any atom is -0.508 e. The predicted molar refractivity (Wildman–Crippen MR) is 229 cm³/mol. The lowest BCUT2D eigenvalue weighted by molar-refractivity contribution is -0.136. The summed E-state index contributed by atoms with van der Waals surface area (Å²) in [7, 11) is 0. The van der Waals surface area contributed by atoms with Crippen molar-refractivity contribution >= 4 is 58.0 Å². The summed E-state index contributed by atoms with van der Waals surface area (Å²) >= 11 is 6.28. The van der Waals surface area contributed by atoms with Gasteiger partial charge in [0.1, 0.15) is 29.9 Å². The molecule has 3 heterocycles. The molecule has 0 aromatic heterocycles. The van der Waals surface area contributed by atoms with Crippen molar-refractivity contribution in [3.05, 3.63) is 119 Å². The second-order valence-electron chi connectivity index (χ2n) is 14.9. The van der Waals surface area contributed by atoms with Gasteiger partial charge in [-0.1, -0.05) is 42.5 Å². The van der Waals surface area contributed by atoms with Crippen LogP contribution in [0.5, 0.6) is 17.2 Å². The quantitative estimate of drug-likeness (QED) is 0.0480. The Kier molecular flexibility index (Phi) is 14.0. The summed E-state index contributed by atoms with van der Waals surface area (Å²) in [6.07, 6.45) is 0.960. The number of benzene rings is 4. The smallest absolute Gasteiger partial charge is 0.264 e. The fourth-order valence-corrected chi connectivity index (χ4v) is 8.07. The first kappa shape index (κ1) is 42.9. The number of piperidine rings is 1. The second-order valence-corrected chi connectivity index (χ2v) is 15.3. The highest BCUT2D eigenvalue weighted by Gasteiger charge is 2.45. The molecule has 0 aliphatic carbocycles. The molecule has 3 aliphatic heterocycles. The van der Waals surface area contributed by atoms with Crippen LogP contribution in [0.15, 0.2) is 91.0 Å². The van der Waals surface area contributed by atoms with Crippen LogP contribution in [0.3, 0.4) is 0 Å². The minimum atomic E-state index is -1.04. The van der Waals surface area contributed by atoms with Crippen molar-refractivity contribution in [2.75, 3.05) is 70.3 Å². The molecule has 15 heteroatoms. The average Bonchev–Trinajstić information content (AvgIpc) is 3.52. The van der Waals surface area contributed by atoms with E-state index in [1.807, 2.05) is 53.4 Å². The van der Waals surface area contributed by atoms with Gasteiger partial charge in [-0.2, -0.15) is 0 Å². The summed E-state index contributed by atoms with van der Waals surface area (Å²) in [5, 5.41) is 25.2. The van der Waals surface area contributed by atoms with Crippen LogP contribution < -0.4 is 15.4 Å². The van der Waals surface area contributed by atoms with Gasteiger partial charge in [-0.05, 0) is 89.2 Å². The number of phenols is 2. The lowest BCUT2D eigenvalue weighted by atomic mass is 9.88. The molecule has 61 heavy (non-hydrogen) atoms. The summed E-state index contributed by atoms with van der Waals surface area (Å²) in [6, 6.07) is 25.9. The van der Waals surface area contributed by atoms with E-state index in [1.165, 1.54) is 0 Å². The number of halogens is 1. The Labute approximate surface area is 358 Å². The number of anilines is 1. The molecule has 0 spiro atoms. The number of hydrogen-bond acceptors (Lipinski definition) is 11. The maximum atomic E-state index is 13.3. The molecule has 5 amide bonds. The predicted octanol–water partition coefficient (Wildman–Crippen LogP) is 5.13. The number of fused-ring (bicyclic) bond motifs is 1. The van der Waals surface area contributed by atoms with Gasteiger partial charge in [0.15, 0.2) is 0 Å². The molecular formula is C46H48ClN5O9. The number of allylic oxidation sites excluding steroid dienone is 1. The van der Waals surface area contributed by atoms with Crippen LogP contribution in [0.1, 0.15) is 63.1 Å². The van der Waals surface area contributed by atoms with Crippen LogP contribution in [0.2, 0.25) is 0 Å². The highest BCUT2D eigenvalue weighted by atomic mass is 35.5. The number of carbonyl (C=O) groups is 5. The van der Waals surface area contributed by atoms with E-state index in [0.717, 1.165) is 51.6 Å². The van der Waals surface area contributed by atoms with Gasteiger partial charge >= 0.3 is 0 Å². The molecule has 0 bridgehead atoms. The van der Waals surface area contributed by atoms with Crippen molar-refractivity contribution in [3.8, 4) is 17.2 Å². The molecule has 2 fully saturated rings. The first-order valence-electron chi connectivity index (χ1n) is 20.4. The van der Waals surface area contributed by atoms with Crippen LogP contribution >= 0.6 is 11.6 Å². The third-order valence-electron chi connectivity index (χ3n) is 11.1. The third-order valence-corrected chi connectivity index (χ3v) is 11.2. The number of rotatable bonds is 17. The monoisotopic (exact) mass is 849 g/mol. The molecular weight excluding hydrogens is 802 g/mol. The minimum absolute atomic E-state index is 0.0165. The summed E-state index contributed by atoms with van der Waals surface area (Å²) in [6.45, 7) is 4.67. The maximum absolute atomic E-state index is 13.3. The van der Waals surface area contributed by atoms with Gasteiger partial charge in [0.05, 0.1) is 30.8 Å². The first-order valence-corrected chi connectivity index (χ1v) is 20.9. The van der Waals surface area contributed by atoms with Gasteiger partial charge in [0, 0.05) is 57.3 Å². The summed E-state index contributed by atoms with van der Waals surface area (Å²) in [5.74, 6) is -0.733. The van der Waals surface area contributed by atoms with Gasteiger partial charge in [0.2, 0.25) is 17.7 Å². The van der Waals surface area contributed by atoms with Gasteiger partial charge in [-0.25, -0.2) is 0 Å². The number of nitrogens with zero attached hydrogens (tertiary/aromatic N) is 3. The third kappa shape index (κ3) is 10.2. The van der Waals surface area contributed by atoms with Crippen LogP contribution in [-0.2, 0) is 19.1 Å². The second kappa shape index (κ2) is 19.9. The topological polar surface area (TPSA) is 178 Å². The van der Waals surface area contributed by atoms with E-state index in [4.69, 9.17) is 21.1 Å². The zero-order valence-electron chi connectivity index (χ0n) is 33.6. The van der Waals surface area contributed by atoms with Crippen molar-refractivity contribution in [1.29, 1.82) is 0 Å². The molecule has 4 N–H and O–H groups in total. The number of amides is 5. The van der Waals surface area contributed by atoms with Gasteiger partial charge in [-0.15, -0.1) is 11.6 Å². The molecule has 1 unspecified atom stereocenters. The lowest BCUT2D eigenvalue weighted by Gasteiger charge is -2.34. The number of imide groups is 2. The molecule has 4 aromatic carbocycles. The summed E-state index contributed by atoms with van der Waals surface area (Å²) < 4.78 is 11.9. The highest BCUT2D eigenvalue weighted by Crippen LogP contribution is 2.37. The normalized spacial score (nSPS) is 17.2. The van der Waals surface area contributed by atoms with Gasteiger partial charge in [-0.3, -0.25) is 39.1 Å². The fourth-order valence-electron chi connectivity index (χ4n) is 7.89. The molecule has 2 saturated heterocycles. The largest absolute Gasteiger partial charge is 0.508 e. The van der Waals surface area contributed by atoms with E-state index in [2.05, 4.69) is 15.5 Å². The van der Waals surface area contributed by atoms with Crippen molar-refractivity contribution in [1.82, 2.24) is 20.0 Å². The fraction of sp³-hybridized carbons (Fsp3) is 0.326. The molecule has 4 aromatic rings. The van der Waals surface area contributed by atoms with E-state index in [1.54, 1.807) is 42.5 Å². The number of aromatic hydroxyl groups is 2. The molecule has 14 nitrogen and oxygen atoms in total. The van der Waals surface area contributed by atoms with Crippen LogP contribution in [0.25, 0.3) is 11.1 Å². The SMILES string of the molecule is O=C1CCC(N2C(=O)c3cccc(NCCOCCC(=O)N4CCN(CCOc5ccc(C(=C(CCCl)c6ccc(O)cc6)c6ccc(O)cc6)cc5)CC4)c3C2=O)C(=O)N1. The number of piperazine rings is 1. The molecule has 3 aliphatic rings. The van der Waals surface area contributed by atoms with Crippen molar-refractivity contribution in [3.63, 3.8) is 0 Å². The van der Waals surface area contributed by atoms with Crippen molar-refractivity contribution in [2.24, 2.45) is 0 Å². The van der Waals surface area contributed by atoms with E-state index < -0.39 is 29.7 Å². The molecule has 7 rings (SSSR count). The van der Waals surface area contributed by atoms with Crippen LogP contribution in [0.4, 0.5) is 5.69 Å². The Morgan fingerprint density at radius 2 is 1.43 bits per heavy atom. The Balaban J connectivity index is 0.828. The number of carbonyl (C=O) groups excluding carboxylic acids is 5. The molecule has 0 radical (unpaired) electrons. The van der Waals surface area contributed by atoms with Gasteiger partial charge < -0.3 is 29.9 Å². The Morgan fingerprint density at radius 3 is 2.08 bits per heavy atom. The summed E-state index contributed by atoms with van der Waals surface area (Å²) in [5.41, 5.74) is 5.64. The first-order chi connectivity index (χ1) is 29.6. The number of phenolic OH excluding ortho intramolecular Hbond substituents is 2. The molecule has 0 saturated carbocycles. The highest BCUT2D eigenvalue weighted by molar-refractivity contribution is 6.25. The molecule has 1 atom stereocenters. The summed E-state index contributed by atoms with van der Waals surface area (Å²) in [4.78, 5) is 68.4. The maximum Gasteiger partial charge on any atom is 0.264 e. The molecule has 318 valence electrons. The Morgan fingerprint density at radius 1 is 0.770 bits per heavy atom. The Hall–Kier alpha value is -6.22. The average molecular weight is 850 g/mol. The Bertz CT molecular complexity index is 2270. The van der Waals surface area contributed by atoms with Crippen molar-refractivity contribution < 1.29 is 43.7 Å². The number of ether oxygens (including phenoxy) is 2. The number of alkyl halides is 1. The van der Waals surface area contributed by atoms with Crippen LogP contribution in [0, 0.1) is 0 Å². The zero-order chi connectivity index (χ0) is 42.9. The van der Waals surface area contributed by atoms with E-state index in [0.29, 0.717) is 50.8 Å². The van der Waals surface area contributed by atoms with Crippen LogP contribution in [-0.4, -0.2) is 125 Å². The van der Waals surface area contributed by atoms with E-state index in [-0.39, 0.29) is 61.0 Å². The standard InChI is InChI=1S/C46H48ClN5O9/c47-20-18-36(30-4-10-33(53)11-5-30)42(31-6-12-34(54)13-7-31)32-8-14-35(15-9-32)61-29-26-50-22-24-51(25-23-50)41(56)19-27-60-28-21-48-38-3-1-2-37-43(38)46(59)52(45(37)58)39-16-17-40(55)49-44(39)57/h1-15,39,48,53-54H,16-29H2,(H,49,55,57). The number of hydrogen-bond donors (Lipinski definition) is 4. The number of nitrogens with one attached hydrogen (secondary N) is 2.